The van der Waals surface area contributed by atoms with Gasteiger partial charge in [-0.05, 0) is 38.8 Å². The smallest absolute Gasteiger partial charge is 0.160 e. The average molecular weight is 273 g/mol. The predicted octanol–water partition coefficient (Wildman–Crippen LogP) is 2.33. The molecule has 2 N–H and O–H groups in total. The summed E-state index contributed by atoms with van der Waals surface area (Å²) in [4.78, 5) is 4.66. The minimum Gasteiger partial charge on any atom is -0.367 e. The Kier molecular flexibility index (Phi) is 3.61. The molecule has 0 atom stereocenters. The van der Waals surface area contributed by atoms with Crippen molar-refractivity contribution in [3.8, 4) is 0 Å². The van der Waals surface area contributed by atoms with E-state index in [1.807, 2.05) is 17.6 Å². The summed E-state index contributed by atoms with van der Waals surface area (Å²) in [5, 5.41) is 11.6. The first-order chi connectivity index (χ1) is 9.65. The fraction of sp³-hybridized carbons (Fsp3) is 0.600. The summed E-state index contributed by atoms with van der Waals surface area (Å²) in [5.41, 5.74) is 3.23. The zero-order valence-corrected chi connectivity index (χ0v) is 12.5. The number of hydrogen-bond acceptors (Lipinski definition) is 4. The molecule has 0 saturated carbocycles. The fourth-order valence-corrected chi connectivity index (χ4v) is 2.79. The molecule has 1 aliphatic heterocycles. The number of anilines is 1. The Balaban J connectivity index is 1.97. The fourth-order valence-electron chi connectivity index (χ4n) is 2.79. The number of nitrogens with zero attached hydrogens (tertiary/aromatic N) is 3. The van der Waals surface area contributed by atoms with Gasteiger partial charge >= 0.3 is 0 Å². The molecule has 2 aromatic rings. The molecule has 0 bridgehead atoms. The highest BCUT2D eigenvalue weighted by molar-refractivity contribution is 5.55. The molecule has 5 nitrogen and oxygen atoms in total. The minimum atomic E-state index is 0.438. The van der Waals surface area contributed by atoms with Gasteiger partial charge in [-0.25, -0.2) is 4.98 Å². The van der Waals surface area contributed by atoms with Gasteiger partial charge in [-0.2, -0.15) is 9.61 Å². The highest BCUT2D eigenvalue weighted by Gasteiger charge is 2.17. The maximum Gasteiger partial charge on any atom is 0.160 e. The lowest BCUT2D eigenvalue weighted by Crippen LogP contribution is -2.35. The largest absolute Gasteiger partial charge is 0.367 e. The van der Waals surface area contributed by atoms with E-state index < -0.39 is 0 Å². The number of piperidine rings is 1. The van der Waals surface area contributed by atoms with Crippen LogP contribution in [0.1, 0.15) is 43.9 Å². The second-order valence-corrected chi connectivity index (χ2v) is 5.94. The van der Waals surface area contributed by atoms with E-state index in [4.69, 9.17) is 0 Å². The summed E-state index contributed by atoms with van der Waals surface area (Å²) in [5.74, 6) is 1.50. The Morgan fingerprint density at radius 1 is 1.35 bits per heavy atom. The van der Waals surface area contributed by atoms with Gasteiger partial charge in [-0.1, -0.05) is 13.8 Å². The Hall–Kier alpha value is -1.62. The highest BCUT2D eigenvalue weighted by atomic mass is 15.3. The van der Waals surface area contributed by atoms with Crippen LogP contribution in [0.2, 0.25) is 0 Å². The first-order valence-corrected chi connectivity index (χ1v) is 7.47. The number of rotatable bonds is 3. The molecule has 3 rings (SSSR count). The molecule has 2 aromatic heterocycles. The van der Waals surface area contributed by atoms with Crippen LogP contribution in [0.25, 0.3) is 5.65 Å². The maximum absolute atomic E-state index is 4.66. The van der Waals surface area contributed by atoms with Crippen molar-refractivity contribution in [1.82, 2.24) is 19.9 Å². The monoisotopic (exact) mass is 273 g/mol. The molecule has 0 amide bonds. The first kappa shape index (κ1) is 13.4. The van der Waals surface area contributed by atoms with E-state index in [9.17, 15) is 0 Å². The Labute approximate surface area is 119 Å². The number of nitrogens with one attached hydrogen (secondary N) is 2. The SMILES string of the molecule is Cc1cc(NC2CCNCC2)n2ncc(C(C)C)c2n1. The number of aryl methyl sites for hydroxylation is 1. The molecule has 20 heavy (non-hydrogen) atoms. The maximum atomic E-state index is 4.66. The van der Waals surface area contributed by atoms with Gasteiger partial charge in [0.05, 0.1) is 6.20 Å². The molecule has 0 aliphatic carbocycles. The van der Waals surface area contributed by atoms with E-state index in [1.54, 1.807) is 0 Å². The van der Waals surface area contributed by atoms with Crippen molar-refractivity contribution in [3.63, 3.8) is 0 Å². The molecule has 108 valence electrons. The normalized spacial score (nSPS) is 17.0. The molecular weight excluding hydrogens is 250 g/mol. The van der Waals surface area contributed by atoms with Crippen LogP contribution in [0.5, 0.6) is 0 Å². The third kappa shape index (κ3) is 2.50. The van der Waals surface area contributed by atoms with Crippen LogP contribution >= 0.6 is 0 Å². The summed E-state index contributed by atoms with van der Waals surface area (Å²) in [6, 6.07) is 2.61. The third-order valence-electron chi connectivity index (χ3n) is 3.94. The van der Waals surface area contributed by atoms with Gasteiger partial charge in [0.2, 0.25) is 0 Å². The second kappa shape index (κ2) is 5.40. The Morgan fingerprint density at radius 3 is 2.80 bits per heavy atom. The van der Waals surface area contributed by atoms with Crippen LogP contribution in [0.15, 0.2) is 12.3 Å². The van der Waals surface area contributed by atoms with Gasteiger partial charge in [0.25, 0.3) is 0 Å². The van der Waals surface area contributed by atoms with Crippen molar-refractivity contribution in [1.29, 1.82) is 0 Å². The molecule has 0 aromatic carbocycles. The molecule has 0 spiro atoms. The van der Waals surface area contributed by atoms with Crippen molar-refractivity contribution in [2.24, 2.45) is 0 Å². The lowest BCUT2D eigenvalue weighted by Gasteiger charge is -2.25. The zero-order valence-electron chi connectivity index (χ0n) is 12.5. The second-order valence-electron chi connectivity index (χ2n) is 5.94. The summed E-state index contributed by atoms with van der Waals surface area (Å²) < 4.78 is 1.95. The van der Waals surface area contributed by atoms with E-state index in [1.165, 1.54) is 5.56 Å². The summed E-state index contributed by atoms with van der Waals surface area (Å²) in [7, 11) is 0. The van der Waals surface area contributed by atoms with Gasteiger partial charge in [0.15, 0.2) is 5.65 Å². The molecule has 0 radical (unpaired) electrons. The van der Waals surface area contributed by atoms with Gasteiger partial charge in [0, 0.05) is 23.4 Å². The lowest BCUT2D eigenvalue weighted by molar-refractivity contribution is 0.477. The summed E-state index contributed by atoms with van der Waals surface area (Å²) in [6.45, 7) is 8.58. The van der Waals surface area contributed by atoms with Crippen molar-refractivity contribution in [2.45, 2.75) is 45.6 Å². The zero-order chi connectivity index (χ0) is 14.1. The lowest BCUT2D eigenvalue weighted by atomic mass is 10.1. The van der Waals surface area contributed by atoms with Crippen LogP contribution in [0.4, 0.5) is 5.82 Å². The van der Waals surface area contributed by atoms with Crippen LogP contribution < -0.4 is 10.6 Å². The van der Waals surface area contributed by atoms with Crippen molar-refractivity contribution in [3.05, 3.63) is 23.5 Å². The Morgan fingerprint density at radius 2 is 2.10 bits per heavy atom. The topological polar surface area (TPSA) is 54.2 Å². The van der Waals surface area contributed by atoms with E-state index in [-0.39, 0.29) is 0 Å². The average Bonchev–Trinajstić information content (AvgIpc) is 2.83. The molecule has 0 unspecified atom stereocenters. The van der Waals surface area contributed by atoms with Crippen LogP contribution in [-0.4, -0.2) is 33.7 Å². The standard InChI is InChI=1S/C15H23N5/c1-10(2)13-9-17-20-14(8-11(3)18-15(13)20)19-12-4-6-16-7-5-12/h8-10,12,16,19H,4-7H2,1-3H3. The highest BCUT2D eigenvalue weighted by Crippen LogP contribution is 2.23. The van der Waals surface area contributed by atoms with E-state index in [0.29, 0.717) is 12.0 Å². The van der Waals surface area contributed by atoms with Crippen LogP contribution in [0, 0.1) is 6.92 Å². The number of hydrogen-bond donors (Lipinski definition) is 2. The number of fused-ring (bicyclic) bond motifs is 1. The van der Waals surface area contributed by atoms with Gasteiger partial charge in [0.1, 0.15) is 5.82 Å². The third-order valence-corrected chi connectivity index (χ3v) is 3.94. The van der Waals surface area contributed by atoms with Gasteiger partial charge in [-0.3, -0.25) is 0 Å². The van der Waals surface area contributed by atoms with Gasteiger partial charge in [-0.15, -0.1) is 0 Å². The molecule has 1 aliphatic rings. The molecule has 1 saturated heterocycles. The quantitative estimate of drug-likeness (QED) is 0.901. The first-order valence-electron chi connectivity index (χ1n) is 7.47. The van der Waals surface area contributed by atoms with E-state index >= 15 is 0 Å². The molecule has 3 heterocycles. The number of aromatic nitrogens is 3. The van der Waals surface area contributed by atoms with Crippen LogP contribution in [-0.2, 0) is 0 Å². The van der Waals surface area contributed by atoms with E-state index in [2.05, 4.69) is 40.6 Å². The Bertz CT molecular complexity index is 596. The minimum absolute atomic E-state index is 0.438. The van der Waals surface area contributed by atoms with Crippen molar-refractivity contribution >= 4 is 11.5 Å². The molecular formula is C15H23N5. The molecule has 1 fully saturated rings. The molecule has 5 heteroatoms. The van der Waals surface area contributed by atoms with Crippen molar-refractivity contribution in [2.75, 3.05) is 18.4 Å². The van der Waals surface area contributed by atoms with Gasteiger partial charge < -0.3 is 10.6 Å². The van der Waals surface area contributed by atoms with Crippen molar-refractivity contribution < 1.29 is 0 Å². The predicted molar refractivity (Wildman–Crippen MR) is 81.3 cm³/mol. The van der Waals surface area contributed by atoms with E-state index in [0.717, 1.165) is 43.1 Å². The summed E-state index contributed by atoms with van der Waals surface area (Å²) in [6.07, 6.45) is 4.25. The summed E-state index contributed by atoms with van der Waals surface area (Å²) >= 11 is 0. The van der Waals surface area contributed by atoms with Crippen LogP contribution in [0.3, 0.4) is 0 Å².